The van der Waals surface area contributed by atoms with Crippen LogP contribution in [0.25, 0.3) is 0 Å². The number of aromatic nitrogens is 2. The summed E-state index contributed by atoms with van der Waals surface area (Å²) in [6, 6.07) is 10.8. The van der Waals surface area contributed by atoms with Crippen molar-refractivity contribution in [2.75, 3.05) is 52.4 Å². The highest BCUT2D eigenvalue weighted by Gasteiger charge is 2.26. The van der Waals surface area contributed by atoms with E-state index in [-0.39, 0.29) is 6.10 Å². The van der Waals surface area contributed by atoms with E-state index in [1.165, 1.54) is 18.5 Å². The number of likely N-dealkylation sites (tertiary alicyclic amines) is 1. The fourth-order valence-corrected chi connectivity index (χ4v) is 4.49. The third kappa shape index (κ3) is 6.08. The lowest BCUT2D eigenvalue weighted by Crippen LogP contribution is -2.48. The van der Waals surface area contributed by atoms with E-state index in [0.29, 0.717) is 12.5 Å². The number of ether oxygens (including phenoxy) is 1. The highest BCUT2D eigenvalue weighted by atomic mass is 16.5. The molecular formula is C24H36N6O. The van der Waals surface area contributed by atoms with Gasteiger partial charge >= 0.3 is 0 Å². The zero-order valence-electron chi connectivity index (χ0n) is 18.9. The van der Waals surface area contributed by atoms with Crippen LogP contribution in [0.5, 0.6) is 0 Å². The number of hydrogen-bond acceptors (Lipinski definition) is 4. The molecule has 31 heavy (non-hydrogen) atoms. The van der Waals surface area contributed by atoms with Crippen LogP contribution in [0.2, 0.25) is 0 Å². The Kier molecular flexibility index (Phi) is 7.59. The minimum absolute atomic E-state index is 0.0475. The predicted molar refractivity (Wildman–Crippen MR) is 124 cm³/mol. The van der Waals surface area contributed by atoms with Gasteiger partial charge < -0.3 is 19.9 Å². The Morgan fingerprint density at radius 1 is 1.23 bits per heavy atom. The van der Waals surface area contributed by atoms with Crippen LogP contribution in [0.3, 0.4) is 0 Å². The first-order chi connectivity index (χ1) is 15.2. The van der Waals surface area contributed by atoms with Crippen LogP contribution >= 0.6 is 0 Å². The van der Waals surface area contributed by atoms with E-state index < -0.39 is 0 Å². The van der Waals surface area contributed by atoms with E-state index in [1.54, 1.807) is 0 Å². The van der Waals surface area contributed by atoms with Crippen molar-refractivity contribution in [1.82, 2.24) is 24.9 Å². The van der Waals surface area contributed by atoms with Gasteiger partial charge in [0.25, 0.3) is 0 Å². The summed E-state index contributed by atoms with van der Waals surface area (Å²) in [6.07, 6.45) is 6.36. The summed E-state index contributed by atoms with van der Waals surface area (Å²) < 4.78 is 7.84. The lowest BCUT2D eigenvalue weighted by Gasteiger charge is -2.35. The van der Waals surface area contributed by atoms with E-state index in [0.717, 1.165) is 57.2 Å². The molecule has 0 bridgehead atoms. The number of aryl methyl sites for hydroxylation is 1. The van der Waals surface area contributed by atoms with Crippen molar-refractivity contribution >= 4 is 5.96 Å². The van der Waals surface area contributed by atoms with Crippen LogP contribution < -0.4 is 5.32 Å². The van der Waals surface area contributed by atoms with Crippen LogP contribution in [0.15, 0.2) is 47.7 Å². The molecule has 2 unspecified atom stereocenters. The topological polar surface area (TPSA) is 57.9 Å². The molecule has 2 aliphatic rings. The summed E-state index contributed by atoms with van der Waals surface area (Å²) in [5.41, 5.74) is 2.56. The fraction of sp³-hybridized carbons (Fsp3) is 0.583. The molecule has 0 amide bonds. The number of nitrogens with zero attached hydrogens (tertiary/aromatic N) is 5. The zero-order chi connectivity index (χ0) is 21.5. The van der Waals surface area contributed by atoms with Gasteiger partial charge in [0.15, 0.2) is 5.96 Å². The molecule has 7 heteroatoms. The van der Waals surface area contributed by atoms with Gasteiger partial charge in [0, 0.05) is 51.5 Å². The summed E-state index contributed by atoms with van der Waals surface area (Å²) >= 11 is 0. The number of nitrogens with one attached hydrogen (secondary N) is 1. The molecule has 2 saturated heterocycles. The molecular weight excluding hydrogens is 388 g/mol. The Bertz CT molecular complexity index is 836. The summed E-state index contributed by atoms with van der Waals surface area (Å²) in [6.45, 7) is 9.76. The second kappa shape index (κ2) is 10.8. The number of hydrogen-bond donors (Lipinski definition) is 1. The highest BCUT2D eigenvalue weighted by Crippen LogP contribution is 2.22. The van der Waals surface area contributed by atoms with Gasteiger partial charge in [-0.25, -0.2) is 0 Å². The number of morpholine rings is 1. The van der Waals surface area contributed by atoms with Gasteiger partial charge in [-0.3, -0.25) is 9.67 Å². The number of guanidine groups is 1. The minimum Gasteiger partial charge on any atom is -0.370 e. The molecule has 1 N–H and O–H groups in total. The molecule has 3 heterocycles. The first-order valence-corrected chi connectivity index (χ1v) is 11.6. The average molecular weight is 425 g/mol. The maximum Gasteiger partial charge on any atom is 0.194 e. The molecule has 0 aliphatic carbocycles. The molecule has 168 valence electrons. The van der Waals surface area contributed by atoms with E-state index in [9.17, 15) is 0 Å². The Balaban J connectivity index is 1.29. The average Bonchev–Trinajstić information content (AvgIpc) is 3.45. The van der Waals surface area contributed by atoms with Crippen molar-refractivity contribution < 1.29 is 4.74 Å². The molecule has 1 aromatic carbocycles. The third-order valence-corrected chi connectivity index (χ3v) is 6.23. The minimum atomic E-state index is 0.0475. The maximum atomic E-state index is 6.01. The number of rotatable bonds is 7. The summed E-state index contributed by atoms with van der Waals surface area (Å²) in [5, 5.41) is 7.79. The van der Waals surface area contributed by atoms with Gasteiger partial charge in [0.2, 0.25) is 0 Å². The van der Waals surface area contributed by atoms with Gasteiger partial charge in [-0.2, -0.15) is 5.10 Å². The number of aliphatic imine (C=N–C) groups is 1. The molecule has 0 spiro atoms. The number of benzene rings is 1. The molecule has 0 radical (unpaired) electrons. The van der Waals surface area contributed by atoms with Crippen LogP contribution in [0.1, 0.15) is 30.6 Å². The van der Waals surface area contributed by atoms with Crippen LogP contribution in [0.4, 0.5) is 0 Å². The van der Waals surface area contributed by atoms with Crippen molar-refractivity contribution in [3.63, 3.8) is 0 Å². The van der Waals surface area contributed by atoms with E-state index >= 15 is 0 Å². The molecule has 0 saturated carbocycles. The van der Waals surface area contributed by atoms with Crippen molar-refractivity contribution in [3.05, 3.63) is 53.9 Å². The quantitative estimate of drug-likeness (QED) is 0.546. The van der Waals surface area contributed by atoms with Crippen molar-refractivity contribution in [1.29, 1.82) is 0 Å². The van der Waals surface area contributed by atoms with Gasteiger partial charge in [-0.15, -0.1) is 0 Å². The van der Waals surface area contributed by atoms with E-state index in [4.69, 9.17) is 9.73 Å². The van der Waals surface area contributed by atoms with Gasteiger partial charge in [0.05, 0.1) is 19.3 Å². The molecule has 2 aliphatic heterocycles. The van der Waals surface area contributed by atoms with Crippen LogP contribution in [-0.4, -0.2) is 78.0 Å². The Morgan fingerprint density at radius 2 is 2.10 bits per heavy atom. The lowest BCUT2D eigenvalue weighted by molar-refractivity contribution is -0.00806. The van der Waals surface area contributed by atoms with Crippen molar-refractivity contribution in [3.8, 4) is 0 Å². The van der Waals surface area contributed by atoms with Crippen molar-refractivity contribution in [2.24, 2.45) is 18.0 Å². The second-order valence-corrected chi connectivity index (χ2v) is 8.64. The summed E-state index contributed by atoms with van der Waals surface area (Å²) in [7, 11) is 1.94. The molecule has 1 aromatic heterocycles. The molecule has 2 fully saturated rings. The molecule has 2 aromatic rings. The maximum absolute atomic E-state index is 6.01. The van der Waals surface area contributed by atoms with Crippen molar-refractivity contribution in [2.45, 2.75) is 25.9 Å². The summed E-state index contributed by atoms with van der Waals surface area (Å²) in [5.74, 6) is 1.65. The molecule has 7 nitrogen and oxygen atoms in total. The Morgan fingerprint density at radius 3 is 2.87 bits per heavy atom. The zero-order valence-corrected chi connectivity index (χ0v) is 18.9. The summed E-state index contributed by atoms with van der Waals surface area (Å²) in [4.78, 5) is 9.96. The van der Waals surface area contributed by atoms with Crippen LogP contribution in [0, 0.1) is 5.92 Å². The largest absolute Gasteiger partial charge is 0.370 e. The SMILES string of the molecule is CCNC(=NCC1CCN(CCc2ccccc2)C1)N1CCOC(c2cnn(C)c2)C1. The fourth-order valence-electron chi connectivity index (χ4n) is 4.49. The van der Waals surface area contributed by atoms with Gasteiger partial charge in [0.1, 0.15) is 6.10 Å². The normalized spacial score (nSPS) is 22.8. The van der Waals surface area contributed by atoms with E-state index in [2.05, 4.69) is 57.5 Å². The standard InChI is InChI=1S/C24H36N6O/c1-3-25-24(30-13-14-31-23(19-30)22-16-27-28(2)18-22)26-15-21-10-12-29(17-21)11-9-20-7-5-4-6-8-20/h4-8,16,18,21,23H,3,9-15,17,19H2,1-2H3,(H,25,26). The highest BCUT2D eigenvalue weighted by molar-refractivity contribution is 5.80. The predicted octanol–water partition coefficient (Wildman–Crippen LogP) is 2.32. The first kappa shape index (κ1) is 21.8. The lowest BCUT2D eigenvalue weighted by atomic mass is 10.1. The Hall–Kier alpha value is -2.38. The smallest absolute Gasteiger partial charge is 0.194 e. The monoisotopic (exact) mass is 424 g/mol. The first-order valence-electron chi connectivity index (χ1n) is 11.6. The Labute approximate surface area is 186 Å². The third-order valence-electron chi connectivity index (χ3n) is 6.23. The van der Waals surface area contributed by atoms with Crippen LogP contribution in [-0.2, 0) is 18.2 Å². The van der Waals surface area contributed by atoms with Gasteiger partial charge in [-0.1, -0.05) is 30.3 Å². The van der Waals surface area contributed by atoms with Gasteiger partial charge in [-0.05, 0) is 37.8 Å². The van der Waals surface area contributed by atoms with E-state index in [1.807, 2.05) is 24.1 Å². The second-order valence-electron chi connectivity index (χ2n) is 8.64. The molecule has 4 rings (SSSR count). The molecule has 2 atom stereocenters.